The molecule has 2 aromatic heterocycles. The van der Waals surface area contributed by atoms with Gasteiger partial charge in [-0.25, -0.2) is 4.98 Å². The Morgan fingerprint density at radius 3 is 1.42 bits per heavy atom. The number of para-hydroxylation sites is 1. The van der Waals surface area contributed by atoms with E-state index in [1.807, 2.05) is 24.3 Å². The molecular formula is C58H36N4. The number of nitrogens with zero attached hydrogens (tertiary/aromatic N) is 4. The molecule has 0 bridgehead atoms. The van der Waals surface area contributed by atoms with E-state index in [4.69, 9.17) is 15.0 Å². The van der Waals surface area contributed by atoms with Gasteiger partial charge in [-0.1, -0.05) is 206 Å². The second-order valence-corrected chi connectivity index (χ2v) is 16.3. The Morgan fingerprint density at radius 2 is 0.758 bits per heavy atom. The van der Waals surface area contributed by atoms with E-state index < -0.39 is 5.41 Å². The Balaban J connectivity index is 1.05. The van der Waals surface area contributed by atoms with E-state index in [-0.39, 0.29) is 0 Å². The fourth-order valence-corrected chi connectivity index (χ4v) is 10.5. The van der Waals surface area contributed by atoms with E-state index >= 15 is 0 Å². The van der Waals surface area contributed by atoms with E-state index in [1.54, 1.807) is 0 Å². The number of fused-ring (bicyclic) bond motifs is 13. The van der Waals surface area contributed by atoms with Crippen molar-refractivity contribution in [1.29, 1.82) is 0 Å². The highest BCUT2D eigenvalue weighted by molar-refractivity contribution is 6.10. The van der Waals surface area contributed by atoms with Crippen LogP contribution in [0.5, 0.6) is 0 Å². The number of rotatable bonds is 5. The maximum absolute atomic E-state index is 5.31. The molecule has 13 rings (SSSR count). The van der Waals surface area contributed by atoms with Gasteiger partial charge in [0, 0.05) is 21.9 Å². The maximum atomic E-state index is 5.31. The van der Waals surface area contributed by atoms with Crippen LogP contribution in [0.15, 0.2) is 218 Å². The molecule has 0 atom stereocenters. The smallest absolute Gasteiger partial charge is 0.238 e. The molecule has 2 aliphatic carbocycles. The second kappa shape index (κ2) is 13.4. The lowest BCUT2D eigenvalue weighted by molar-refractivity contribution is 0.796. The van der Waals surface area contributed by atoms with Gasteiger partial charge in [0.2, 0.25) is 5.95 Å². The first-order valence-corrected chi connectivity index (χ1v) is 21.2. The Hall–Kier alpha value is -8.21. The monoisotopic (exact) mass is 788 g/mol. The van der Waals surface area contributed by atoms with Gasteiger partial charge >= 0.3 is 0 Å². The molecule has 1 spiro atoms. The topological polar surface area (TPSA) is 43.6 Å². The van der Waals surface area contributed by atoms with Crippen molar-refractivity contribution in [3.63, 3.8) is 0 Å². The quantitative estimate of drug-likeness (QED) is 0.174. The van der Waals surface area contributed by atoms with E-state index in [9.17, 15) is 0 Å². The lowest BCUT2D eigenvalue weighted by atomic mass is 9.68. The highest BCUT2D eigenvalue weighted by Crippen LogP contribution is 2.64. The lowest BCUT2D eigenvalue weighted by Crippen LogP contribution is -2.26. The third kappa shape index (κ3) is 4.92. The summed E-state index contributed by atoms with van der Waals surface area (Å²) in [6.07, 6.45) is 0. The fourth-order valence-electron chi connectivity index (χ4n) is 10.5. The summed E-state index contributed by atoms with van der Waals surface area (Å²) in [5, 5.41) is 2.28. The minimum absolute atomic E-state index is 0.471. The average Bonchev–Trinajstić information content (AvgIpc) is 3.96. The van der Waals surface area contributed by atoms with Crippen molar-refractivity contribution in [2.45, 2.75) is 5.41 Å². The highest BCUT2D eigenvalue weighted by Gasteiger charge is 2.52. The molecule has 4 heteroatoms. The molecule has 0 saturated carbocycles. The van der Waals surface area contributed by atoms with Gasteiger partial charge in [-0.3, -0.25) is 4.57 Å². The molecule has 0 saturated heterocycles. The summed E-state index contributed by atoms with van der Waals surface area (Å²) in [5.74, 6) is 1.82. The van der Waals surface area contributed by atoms with E-state index in [0.29, 0.717) is 17.6 Å². The van der Waals surface area contributed by atoms with Crippen molar-refractivity contribution in [2.24, 2.45) is 0 Å². The fraction of sp³-hybridized carbons (Fsp3) is 0.0172. The van der Waals surface area contributed by atoms with Crippen LogP contribution in [0.4, 0.5) is 0 Å². The molecule has 0 unspecified atom stereocenters. The van der Waals surface area contributed by atoms with Gasteiger partial charge in [-0.05, 0) is 78.9 Å². The third-order valence-corrected chi connectivity index (χ3v) is 13.1. The van der Waals surface area contributed by atoms with Gasteiger partial charge in [0.25, 0.3) is 0 Å². The van der Waals surface area contributed by atoms with Crippen molar-refractivity contribution in [3.8, 4) is 73.2 Å². The Bertz CT molecular complexity index is 3500. The van der Waals surface area contributed by atoms with Crippen molar-refractivity contribution in [1.82, 2.24) is 19.5 Å². The van der Waals surface area contributed by atoms with E-state index in [1.165, 1.54) is 55.6 Å². The van der Waals surface area contributed by atoms with Crippen LogP contribution in [0, 0.1) is 0 Å². The van der Waals surface area contributed by atoms with Crippen molar-refractivity contribution in [2.75, 3.05) is 0 Å². The molecule has 2 heterocycles. The maximum Gasteiger partial charge on any atom is 0.238 e. The summed E-state index contributed by atoms with van der Waals surface area (Å²) >= 11 is 0. The highest BCUT2D eigenvalue weighted by atomic mass is 15.2. The van der Waals surface area contributed by atoms with Gasteiger partial charge in [0.1, 0.15) is 0 Å². The van der Waals surface area contributed by atoms with Crippen LogP contribution in [0.25, 0.3) is 95.0 Å². The predicted octanol–water partition coefficient (Wildman–Crippen LogP) is 14.0. The minimum atomic E-state index is -0.471. The molecule has 11 aromatic rings. The molecule has 62 heavy (non-hydrogen) atoms. The predicted molar refractivity (Wildman–Crippen MR) is 252 cm³/mol. The van der Waals surface area contributed by atoms with Gasteiger partial charge in [0.15, 0.2) is 11.6 Å². The molecule has 4 nitrogen and oxygen atoms in total. The van der Waals surface area contributed by atoms with Gasteiger partial charge in [0.05, 0.1) is 16.4 Å². The average molecular weight is 789 g/mol. The Morgan fingerprint density at radius 1 is 0.306 bits per heavy atom. The summed E-state index contributed by atoms with van der Waals surface area (Å²) in [6.45, 7) is 0. The van der Waals surface area contributed by atoms with Crippen molar-refractivity contribution >= 4 is 21.8 Å². The normalized spacial score (nSPS) is 13.0. The zero-order valence-electron chi connectivity index (χ0n) is 33.6. The van der Waals surface area contributed by atoms with Gasteiger partial charge < -0.3 is 0 Å². The summed E-state index contributed by atoms with van der Waals surface area (Å²) in [4.78, 5) is 15.7. The number of hydrogen-bond acceptors (Lipinski definition) is 3. The third-order valence-electron chi connectivity index (χ3n) is 13.1. The molecule has 0 aliphatic heterocycles. The SMILES string of the molecule is c1ccc(-c2ccc(-c3nc(-c4ccccc4)nc(-n4c5ccccc5c5ccc(-c6cccc7c6C6(c8ccccc8-c8ccccc86)c6ccccc6-7)cc54)n3)cc2)cc1. The number of aromatic nitrogens is 4. The minimum Gasteiger partial charge on any atom is -0.278 e. The van der Waals surface area contributed by atoms with Gasteiger partial charge in [-0.2, -0.15) is 9.97 Å². The van der Waals surface area contributed by atoms with Crippen LogP contribution in [0.1, 0.15) is 22.3 Å². The van der Waals surface area contributed by atoms with Crippen LogP contribution in [-0.4, -0.2) is 19.5 Å². The molecule has 9 aromatic carbocycles. The Labute approximate surface area is 359 Å². The molecule has 0 amide bonds. The Kier molecular flexibility index (Phi) is 7.49. The summed E-state index contributed by atoms with van der Waals surface area (Å²) in [6, 6.07) is 78.6. The lowest BCUT2D eigenvalue weighted by Gasteiger charge is -2.32. The second-order valence-electron chi connectivity index (χ2n) is 16.3. The van der Waals surface area contributed by atoms with E-state index in [2.05, 4.69) is 199 Å². The van der Waals surface area contributed by atoms with Crippen LogP contribution in [-0.2, 0) is 5.41 Å². The zero-order chi connectivity index (χ0) is 40.8. The van der Waals surface area contributed by atoms with Crippen LogP contribution < -0.4 is 0 Å². The van der Waals surface area contributed by atoms with Crippen molar-refractivity contribution in [3.05, 3.63) is 241 Å². The zero-order valence-corrected chi connectivity index (χ0v) is 33.6. The first-order chi connectivity index (χ1) is 30.8. The van der Waals surface area contributed by atoms with Crippen molar-refractivity contribution < 1.29 is 0 Å². The number of hydrogen-bond donors (Lipinski definition) is 0. The number of benzene rings is 9. The molecule has 288 valence electrons. The standard InChI is InChI=1S/C58H36N4/c1-3-16-37(17-4-1)38-30-32-40(33-31-38)56-59-55(39-18-5-2-6-19-39)60-57(61-56)62-52-29-14-10-23-46(52)47-35-34-41(36-53(47)62)42-24-15-25-48-45-22-9-13-28-51(45)58(54(42)48)49-26-11-7-20-43(49)44-21-8-12-27-50(44)58/h1-36H. The molecule has 0 fully saturated rings. The van der Waals surface area contributed by atoms with Gasteiger partial charge in [-0.15, -0.1) is 0 Å². The first kappa shape index (κ1) is 34.6. The molecule has 0 radical (unpaired) electrons. The van der Waals surface area contributed by atoms with Crippen LogP contribution in [0.3, 0.4) is 0 Å². The summed E-state index contributed by atoms with van der Waals surface area (Å²) in [7, 11) is 0. The van der Waals surface area contributed by atoms with E-state index in [0.717, 1.165) is 44.1 Å². The summed E-state index contributed by atoms with van der Waals surface area (Å²) < 4.78 is 2.23. The molecular weight excluding hydrogens is 753 g/mol. The van der Waals surface area contributed by atoms with Crippen LogP contribution in [0.2, 0.25) is 0 Å². The first-order valence-electron chi connectivity index (χ1n) is 21.2. The largest absolute Gasteiger partial charge is 0.278 e. The van der Waals surface area contributed by atoms with Crippen LogP contribution >= 0.6 is 0 Å². The molecule has 2 aliphatic rings. The summed E-state index contributed by atoms with van der Waals surface area (Å²) in [5.41, 5.74) is 18.6. The molecule has 0 N–H and O–H groups in total.